The van der Waals surface area contributed by atoms with Gasteiger partial charge in [0, 0.05) is 5.56 Å². The lowest BCUT2D eigenvalue weighted by molar-refractivity contribution is -0.172. The summed E-state index contributed by atoms with van der Waals surface area (Å²) in [6.45, 7) is 4.55. The van der Waals surface area contributed by atoms with E-state index < -0.39 is 29.1 Å². The van der Waals surface area contributed by atoms with Crippen LogP contribution in [0.25, 0.3) is 0 Å². The minimum Gasteiger partial charge on any atom is -0.387 e. The molecule has 116 valence electrons. The van der Waals surface area contributed by atoms with Crippen molar-refractivity contribution in [2.45, 2.75) is 44.0 Å². The Kier molecular flexibility index (Phi) is 3.74. The van der Waals surface area contributed by atoms with E-state index in [0.717, 1.165) is 5.56 Å². The van der Waals surface area contributed by atoms with Crippen LogP contribution in [0.2, 0.25) is 0 Å². The van der Waals surface area contributed by atoms with E-state index in [2.05, 4.69) is 0 Å². The van der Waals surface area contributed by atoms with Gasteiger partial charge in [0.05, 0.1) is 22.7 Å². The lowest BCUT2D eigenvalue weighted by Crippen LogP contribution is -2.61. The maximum Gasteiger partial charge on any atom is 0.471 e. The highest BCUT2D eigenvalue weighted by Crippen LogP contribution is 2.46. The van der Waals surface area contributed by atoms with Gasteiger partial charge in [0.15, 0.2) is 0 Å². The van der Waals surface area contributed by atoms with Gasteiger partial charge in [-0.05, 0) is 26.8 Å². The van der Waals surface area contributed by atoms with Crippen molar-refractivity contribution in [1.82, 2.24) is 0 Å². The molecule has 0 aromatic heterocycles. The summed E-state index contributed by atoms with van der Waals surface area (Å²) >= 11 is 6.12. The maximum absolute atomic E-state index is 12.9. The molecule has 2 atom stereocenters. The number of aliphatic hydroxyl groups excluding tert-OH is 1. The number of aliphatic hydroxyl groups is 1. The van der Waals surface area contributed by atoms with Gasteiger partial charge in [0.2, 0.25) is 0 Å². The van der Waals surface area contributed by atoms with Crippen LogP contribution >= 0.6 is 11.6 Å². The Labute approximate surface area is 125 Å². The van der Waals surface area contributed by atoms with E-state index in [-0.39, 0.29) is 11.3 Å². The molecule has 1 aromatic carbocycles. The molecular weight excluding hydrogens is 307 g/mol. The van der Waals surface area contributed by atoms with Gasteiger partial charge < -0.3 is 5.11 Å². The Morgan fingerprint density at radius 2 is 1.95 bits per heavy atom. The van der Waals surface area contributed by atoms with E-state index in [4.69, 9.17) is 11.6 Å². The van der Waals surface area contributed by atoms with Crippen LogP contribution in [0.15, 0.2) is 18.2 Å². The Balaban J connectivity index is 2.68. The van der Waals surface area contributed by atoms with Crippen molar-refractivity contribution in [3.63, 3.8) is 0 Å². The van der Waals surface area contributed by atoms with Crippen LogP contribution in [-0.2, 0) is 4.79 Å². The number of fused-ring (bicyclic) bond motifs is 1. The zero-order valence-corrected chi connectivity index (χ0v) is 12.5. The summed E-state index contributed by atoms with van der Waals surface area (Å²) in [4.78, 5) is 12.4. The number of carbonyl (C=O) groups is 1. The van der Waals surface area contributed by atoms with Crippen LogP contribution < -0.4 is 4.90 Å². The molecule has 0 saturated heterocycles. The molecule has 0 bridgehead atoms. The van der Waals surface area contributed by atoms with Gasteiger partial charge in [-0.3, -0.25) is 9.69 Å². The Morgan fingerprint density at radius 1 is 1.38 bits per heavy atom. The van der Waals surface area contributed by atoms with E-state index in [0.29, 0.717) is 4.90 Å². The second-order valence-electron chi connectivity index (χ2n) is 5.70. The topological polar surface area (TPSA) is 40.5 Å². The van der Waals surface area contributed by atoms with E-state index in [1.165, 1.54) is 19.9 Å². The molecule has 0 fully saturated rings. The third kappa shape index (κ3) is 2.51. The zero-order valence-electron chi connectivity index (χ0n) is 11.7. The number of hydrogen-bond acceptors (Lipinski definition) is 2. The molecule has 0 aliphatic carbocycles. The highest BCUT2D eigenvalue weighted by Gasteiger charge is 2.54. The number of nitrogens with zero attached hydrogens (tertiary/aromatic N) is 1. The number of halogens is 4. The van der Waals surface area contributed by atoms with Crippen LogP contribution in [0.3, 0.4) is 0 Å². The Morgan fingerprint density at radius 3 is 2.48 bits per heavy atom. The number of carbonyl (C=O) groups excluding carboxylic acids is 1. The van der Waals surface area contributed by atoms with E-state index in [1.54, 1.807) is 19.1 Å². The van der Waals surface area contributed by atoms with Crippen LogP contribution in [0.5, 0.6) is 0 Å². The van der Waals surface area contributed by atoms with Crippen molar-refractivity contribution in [1.29, 1.82) is 0 Å². The smallest absolute Gasteiger partial charge is 0.387 e. The molecule has 1 aliphatic heterocycles. The van der Waals surface area contributed by atoms with E-state index >= 15 is 0 Å². The monoisotopic (exact) mass is 321 g/mol. The fourth-order valence-corrected chi connectivity index (χ4v) is 2.82. The SMILES string of the molecule is Cc1ccc2c(c1)[C@H](O)[C@@H](Cl)C(C)(C)N2C(=O)C(F)(F)F. The van der Waals surface area contributed by atoms with Gasteiger partial charge in [-0.2, -0.15) is 13.2 Å². The van der Waals surface area contributed by atoms with Crippen LogP contribution in [0, 0.1) is 6.92 Å². The van der Waals surface area contributed by atoms with Gasteiger partial charge in [-0.25, -0.2) is 0 Å². The van der Waals surface area contributed by atoms with E-state index in [1.807, 2.05) is 0 Å². The van der Waals surface area contributed by atoms with Gasteiger partial charge in [0.25, 0.3) is 0 Å². The number of anilines is 1. The fourth-order valence-electron chi connectivity index (χ4n) is 2.59. The molecule has 0 spiro atoms. The van der Waals surface area contributed by atoms with Crippen molar-refractivity contribution < 1.29 is 23.1 Å². The average Bonchev–Trinajstić information content (AvgIpc) is 2.36. The summed E-state index contributed by atoms with van der Waals surface area (Å²) < 4.78 is 38.6. The molecule has 7 heteroatoms. The third-order valence-corrected chi connectivity index (χ3v) is 4.49. The molecule has 0 radical (unpaired) electrons. The predicted molar refractivity (Wildman–Crippen MR) is 73.4 cm³/mol. The number of aryl methyl sites for hydroxylation is 1. The van der Waals surface area contributed by atoms with Gasteiger partial charge in [-0.1, -0.05) is 17.7 Å². The molecule has 1 N–H and O–H groups in total. The van der Waals surface area contributed by atoms with Crippen molar-refractivity contribution in [3.8, 4) is 0 Å². The summed E-state index contributed by atoms with van der Waals surface area (Å²) in [7, 11) is 0. The first-order valence-corrected chi connectivity index (χ1v) is 6.75. The molecule has 2 rings (SSSR count). The van der Waals surface area contributed by atoms with Gasteiger partial charge in [0.1, 0.15) is 0 Å². The van der Waals surface area contributed by atoms with Crippen molar-refractivity contribution in [2.24, 2.45) is 0 Å². The first kappa shape index (κ1) is 16.1. The lowest BCUT2D eigenvalue weighted by atomic mass is 9.83. The number of amides is 1. The number of alkyl halides is 4. The molecule has 1 amide bonds. The van der Waals surface area contributed by atoms with E-state index in [9.17, 15) is 23.1 Å². The average molecular weight is 322 g/mol. The minimum absolute atomic E-state index is 0.0392. The molecule has 21 heavy (non-hydrogen) atoms. The third-order valence-electron chi connectivity index (χ3n) is 3.72. The van der Waals surface area contributed by atoms with Gasteiger partial charge >= 0.3 is 12.1 Å². The van der Waals surface area contributed by atoms with Crippen LogP contribution in [-0.4, -0.2) is 28.1 Å². The summed E-state index contributed by atoms with van der Waals surface area (Å²) in [5, 5.41) is 9.18. The minimum atomic E-state index is -5.02. The number of rotatable bonds is 0. The second-order valence-corrected chi connectivity index (χ2v) is 6.17. The van der Waals surface area contributed by atoms with Crippen LogP contribution in [0.1, 0.15) is 31.1 Å². The summed E-state index contributed by atoms with van der Waals surface area (Å²) in [5.74, 6) is -1.99. The van der Waals surface area contributed by atoms with Crippen LogP contribution in [0.4, 0.5) is 18.9 Å². The molecule has 0 saturated carbocycles. The van der Waals surface area contributed by atoms with Gasteiger partial charge in [-0.15, -0.1) is 11.6 Å². The molecular formula is C14H15ClF3NO2. The molecule has 1 heterocycles. The largest absolute Gasteiger partial charge is 0.471 e. The second kappa shape index (κ2) is 4.88. The highest BCUT2D eigenvalue weighted by molar-refractivity contribution is 6.23. The summed E-state index contributed by atoms with van der Waals surface area (Å²) in [6, 6.07) is 4.54. The quantitative estimate of drug-likeness (QED) is 0.745. The normalized spacial score (nSPS) is 24.7. The zero-order chi connectivity index (χ0) is 16.2. The molecule has 3 nitrogen and oxygen atoms in total. The molecule has 1 aliphatic rings. The van der Waals surface area contributed by atoms with Crippen molar-refractivity contribution >= 4 is 23.2 Å². The van der Waals surface area contributed by atoms with Crippen molar-refractivity contribution in [3.05, 3.63) is 29.3 Å². The highest BCUT2D eigenvalue weighted by atomic mass is 35.5. The number of hydrogen-bond donors (Lipinski definition) is 1. The Bertz CT molecular complexity index is 586. The first-order valence-electron chi connectivity index (χ1n) is 6.32. The predicted octanol–water partition coefficient (Wildman–Crippen LogP) is 3.32. The number of benzene rings is 1. The fraction of sp³-hybridized carbons (Fsp3) is 0.500. The first-order chi connectivity index (χ1) is 9.48. The van der Waals surface area contributed by atoms with Crippen molar-refractivity contribution in [2.75, 3.05) is 4.90 Å². The Hall–Kier alpha value is -1.27. The molecule has 0 unspecified atom stereocenters. The summed E-state index contributed by atoms with van der Waals surface area (Å²) in [5.41, 5.74) is -0.351. The lowest BCUT2D eigenvalue weighted by Gasteiger charge is -2.48. The standard InChI is InChI=1S/C14H15ClF3NO2/c1-7-4-5-9-8(6-7)10(20)11(15)13(2,3)19(9)12(21)14(16,17)18/h4-6,10-11,20H,1-3H3/t10-,11+/m0/s1. The summed E-state index contributed by atoms with van der Waals surface area (Å²) in [6.07, 6.45) is -6.16. The molecule has 1 aromatic rings. The maximum atomic E-state index is 12.9.